The molecule has 1 atom stereocenters. The summed E-state index contributed by atoms with van der Waals surface area (Å²) in [6.07, 6.45) is 3.34. The molecule has 0 radical (unpaired) electrons. The summed E-state index contributed by atoms with van der Waals surface area (Å²) in [6, 6.07) is 9.81. The van der Waals surface area contributed by atoms with Crippen LogP contribution < -0.4 is 5.32 Å². The summed E-state index contributed by atoms with van der Waals surface area (Å²) < 4.78 is 0. The Morgan fingerprint density at radius 3 is 2.53 bits per heavy atom. The second kappa shape index (κ2) is 6.53. The van der Waals surface area contributed by atoms with E-state index in [0.29, 0.717) is 18.0 Å². The molecular formula is C17H27NO. The average molecular weight is 261 g/mol. The monoisotopic (exact) mass is 261 g/mol. The predicted octanol–water partition coefficient (Wildman–Crippen LogP) is 3.24. The number of aryl methyl sites for hydroxylation is 1. The number of nitrogens with one attached hydrogen (secondary N) is 1. The van der Waals surface area contributed by atoms with Gasteiger partial charge in [-0.3, -0.25) is 0 Å². The normalized spacial score (nSPS) is 24.3. The average Bonchev–Trinajstić information content (AvgIpc) is 2.33. The van der Waals surface area contributed by atoms with Crippen LogP contribution in [0.25, 0.3) is 0 Å². The zero-order valence-corrected chi connectivity index (χ0v) is 12.4. The highest BCUT2D eigenvalue weighted by Crippen LogP contribution is 2.38. The molecule has 0 amide bonds. The van der Waals surface area contributed by atoms with Crippen molar-refractivity contribution in [2.45, 2.75) is 58.0 Å². The van der Waals surface area contributed by atoms with Crippen molar-refractivity contribution in [2.24, 2.45) is 5.92 Å². The number of rotatable bonds is 6. The third-order valence-electron chi connectivity index (χ3n) is 4.46. The lowest BCUT2D eigenvalue weighted by Gasteiger charge is -2.40. The van der Waals surface area contributed by atoms with Gasteiger partial charge >= 0.3 is 0 Å². The number of aliphatic hydroxyl groups is 1. The lowest BCUT2D eigenvalue weighted by atomic mass is 9.74. The highest BCUT2D eigenvalue weighted by molar-refractivity contribution is 5.31. The molecule has 1 unspecified atom stereocenters. The summed E-state index contributed by atoms with van der Waals surface area (Å²) in [5.74, 6) is 1.31. The van der Waals surface area contributed by atoms with Crippen LogP contribution in [0.15, 0.2) is 24.3 Å². The van der Waals surface area contributed by atoms with Crippen LogP contribution in [0, 0.1) is 12.8 Å². The molecule has 1 aromatic carbocycles. The number of hydrogen-bond acceptors (Lipinski definition) is 2. The van der Waals surface area contributed by atoms with Crippen molar-refractivity contribution in [3.8, 4) is 0 Å². The topological polar surface area (TPSA) is 32.3 Å². The van der Waals surface area contributed by atoms with Gasteiger partial charge in [-0.15, -0.1) is 0 Å². The summed E-state index contributed by atoms with van der Waals surface area (Å²) in [4.78, 5) is 0. The van der Waals surface area contributed by atoms with Gasteiger partial charge in [-0.1, -0.05) is 38.1 Å². The van der Waals surface area contributed by atoms with E-state index in [2.05, 4.69) is 50.4 Å². The van der Waals surface area contributed by atoms with Crippen LogP contribution in [-0.4, -0.2) is 23.8 Å². The molecule has 0 bridgehead atoms. The van der Waals surface area contributed by atoms with Crippen LogP contribution in [0.2, 0.25) is 0 Å². The van der Waals surface area contributed by atoms with Crippen molar-refractivity contribution in [2.75, 3.05) is 6.61 Å². The minimum atomic E-state index is 0.282. The molecule has 0 aromatic heterocycles. The van der Waals surface area contributed by atoms with Crippen LogP contribution >= 0.6 is 0 Å². The fourth-order valence-electron chi connectivity index (χ4n) is 3.10. The summed E-state index contributed by atoms with van der Waals surface area (Å²) >= 11 is 0. The van der Waals surface area contributed by atoms with Crippen molar-refractivity contribution in [3.63, 3.8) is 0 Å². The molecule has 0 aliphatic heterocycles. The maximum absolute atomic E-state index is 9.12. The number of benzene rings is 1. The van der Waals surface area contributed by atoms with Gasteiger partial charge in [-0.25, -0.2) is 0 Å². The highest BCUT2D eigenvalue weighted by atomic mass is 16.3. The quantitative estimate of drug-likeness (QED) is 0.824. The van der Waals surface area contributed by atoms with E-state index < -0.39 is 0 Å². The Labute approximate surface area is 117 Å². The fourth-order valence-corrected chi connectivity index (χ4v) is 3.10. The SMILES string of the molecule is Cc1ccccc1C1CC(NC(CCO)C(C)C)C1. The van der Waals surface area contributed by atoms with Crippen LogP contribution in [0.1, 0.15) is 50.2 Å². The van der Waals surface area contributed by atoms with Gasteiger partial charge in [0.1, 0.15) is 0 Å². The van der Waals surface area contributed by atoms with E-state index >= 15 is 0 Å². The molecule has 0 heterocycles. The summed E-state index contributed by atoms with van der Waals surface area (Å²) in [5.41, 5.74) is 2.94. The highest BCUT2D eigenvalue weighted by Gasteiger charge is 2.32. The molecular weight excluding hydrogens is 234 g/mol. The molecule has 1 aliphatic carbocycles. The summed E-state index contributed by atoms with van der Waals surface area (Å²) in [7, 11) is 0. The molecule has 1 fully saturated rings. The minimum Gasteiger partial charge on any atom is -0.396 e. The Morgan fingerprint density at radius 2 is 1.95 bits per heavy atom. The van der Waals surface area contributed by atoms with Crippen molar-refractivity contribution < 1.29 is 5.11 Å². The summed E-state index contributed by atoms with van der Waals surface area (Å²) in [6.45, 7) is 6.94. The van der Waals surface area contributed by atoms with Gasteiger partial charge in [0.15, 0.2) is 0 Å². The molecule has 1 aromatic rings. The molecule has 2 nitrogen and oxygen atoms in total. The fraction of sp³-hybridized carbons (Fsp3) is 0.647. The Bertz CT molecular complexity index is 396. The van der Waals surface area contributed by atoms with Crippen molar-refractivity contribution in [1.29, 1.82) is 0 Å². The second-order valence-corrected chi connectivity index (χ2v) is 6.25. The first kappa shape index (κ1) is 14.5. The van der Waals surface area contributed by atoms with Crippen molar-refractivity contribution in [1.82, 2.24) is 5.32 Å². The third kappa shape index (κ3) is 3.58. The Kier molecular flexibility index (Phi) is 5.00. The second-order valence-electron chi connectivity index (χ2n) is 6.25. The van der Waals surface area contributed by atoms with Gasteiger partial charge in [0.2, 0.25) is 0 Å². The molecule has 1 saturated carbocycles. The minimum absolute atomic E-state index is 0.282. The van der Waals surface area contributed by atoms with Crippen LogP contribution in [-0.2, 0) is 0 Å². The Morgan fingerprint density at radius 1 is 1.26 bits per heavy atom. The van der Waals surface area contributed by atoms with Gasteiger partial charge in [0, 0.05) is 18.7 Å². The molecule has 0 spiro atoms. The third-order valence-corrected chi connectivity index (χ3v) is 4.46. The van der Waals surface area contributed by atoms with E-state index in [0.717, 1.165) is 12.3 Å². The van der Waals surface area contributed by atoms with E-state index in [1.165, 1.54) is 24.0 Å². The molecule has 2 heteroatoms. The molecule has 1 aliphatic rings. The Hall–Kier alpha value is -0.860. The van der Waals surface area contributed by atoms with Gasteiger partial charge in [-0.2, -0.15) is 0 Å². The van der Waals surface area contributed by atoms with E-state index in [9.17, 15) is 0 Å². The van der Waals surface area contributed by atoms with E-state index in [1.807, 2.05) is 0 Å². The molecule has 19 heavy (non-hydrogen) atoms. The van der Waals surface area contributed by atoms with Gasteiger partial charge in [-0.05, 0) is 49.1 Å². The standard InChI is InChI=1S/C17H27NO/c1-12(2)17(8-9-19)18-15-10-14(11-15)16-7-5-4-6-13(16)3/h4-7,12,14-15,17-19H,8-11H2,1-3H3. The van der Waals surface area contributed by atoms with E-state index in [1.54, 1.807) is 0 Å². The number of hydrogen-bond donors (Lipinski definition) is 2. The Balaban J connectivity index is 1.84. The lowest BCUT2D eigenvalue weighted by molar-refractivity contribution is 0.199. The first-order valence-corrected chi connectivity index (χ1v) is 7.54. The maximum atomic E-state index is 9.12. The van der Waals surface area contributed by atoms with Gasteiger partial charge in [0.25, 0.3) is 0 Å². The van der Waals surface area contributed by atoms with Crippen LogP contribution in [0.3, 0.4) is 0 Å². The van der Waals surface area contributed by atoms with Crippen LogP contribution in [0.4, 0.5) is 0 Å². The van der Waals surface area contributed by atoms with Gasteiger partial charge < -0.3 is 10.4 Å². The van der Waals surface area contributed by atoms with E-state index in [-0.39, 0.29) is 6.61 Å². The molecule has 106 valence electrons. The smallest absolute Gasteiger partial charge is 0.0445 e. The van der Waals surface area contributed by atoms with Gasteiger partial charge in [0.05, 0.1) is 0 Å². The zero-order chi connectivity index (χ0) is 13.8. The first-order valence-electron chi connectivity index (χ1n) is 7.54. The van der Waals surface area contributed by atoms with Crippen molar-refractivity contribution in [3.05, 3.63) is 35.4 Å². The molecule has 2 N–H and O–H groups in total. The van der Waals surface area contributed by atoms with E-state index in [4.69, 9.17) is 5.11 Å². The lowest BCUT2D eigenvalue weighted by Crippen LogP contribution is -2.47. The molecule has 0 saturated heterocycles. The molecule has 2 rings (SSSR count). The summed E-state index contributed by atoms with van der Waals surface area (Å²) in [5, 5.41) is 12.8. The largest absolute Gasteiger partial charge is 0.396 e. The number of aliphatic hydroxyl groups excluding tert-OH is 1. The predicted molar refractivity (Wildman–Crippen MR) is 80.4 cm³/mol. The maximum Gasteiger partial charge on any atom is 0.0445 e. The van der Waals surface area contributed by atoms with Crippen molar-refractivity contribution >= 4 is 0 Å². The van der Waals surface area contributed by atoms with Crippen LogP contribution in [0.5, 0.6) is 0 Å². The zero-order valence-electron chi connectivity index (χ0n) is 12.4. The first-order chi connectivity index (χ1) is 9.11.